The zero-order valence-electron chi connectivity index (χ0n) is 22.6. The Bertz CT molecular complexity index is 1950. The molecule has 5 aromatic rings. The molecule has 3 N–H and O–H groups in total. The zero-order valence-corrected chi connectivity index (χ0v) is 24.2. The summed E-state index contributed by atoms with van der Waals surface area (Å²) in [5.41, 5.74) is 1.98. The van der Waals surface area contributed by atoms with Gasteiger partial charge in [0, 0.05) is 57.8 Å². The lowest BCUT2D eigenvalue weighted by molar-refractivity contribution is -0.136. The highest BCUT2D eigenvalue weighted by molar-refractivity contribution is 7.91. The second kappa shape index (κ2) is 10.6. The van der Waals surface area contributed by atoms with E-state index in [0.29, 0.717) is 18.4 Å². The van der Waals surface area contributed by atoms with Crippen molar-refractivity contribution < 1.29 is 31.8 Å². The van der Waals surface area contributed by atoms with Gasteiger partial charge in [-0.1, -0.05) is 0 Å². The minimum Gasteiger partial charge on any atom is -0.481 e. The second-order valence-electron chi connectivity index (χ2n) is 10.3. The lowest BCUT2D eigenvalue weighted by atomic mass is 10.0. The van der Waals surface area contributed by atoms with Gasteiger partial charge in [-0.2, -0.15) is 0 Å². The first-order valence-electron chi connectivity index (χ1n) is 13.1. The summed E-state index contributed by atoms with van der Waals surface area (Å²) in [6.07, 6.45) is 3.62. The molecule has 4 heterocycles. The smallest absolute Gasteiger partial charge is 0.303 e. The molecule has 1 atom stereocenters. The van der Waals surface area contributed by atoms with Crippen LogP contribution in [0.2, 0.25) is 0 Å². The van der Waals surface area contributed by atoms with Crippen LogP contribution in [0.3, 0.4) is 0 Å². The van der Waals surface area contributed by atoms with Gasteiger partial charge in [-0.3, -0.25) is 9.69 Å². The maximum atomic E-state index is 15.2. The molecule has 2 aromatic carbocycles. The van der Waals surface area contributed by atoms with Crippen molar-refractivity contribution in [3.05, 3.63) is 81.4 Å². The van der Waals surface area contributed by atoms with E-state index in [1.165, 1.54) is 35.7 Å². The van der Waals surface area contributed by atoms with Gasteiger partial charge in [0.25, 0.3) is 0 Å². The first-order valence-corrected chi connectivity index (χ1v) is 15.8. The SMILES string of the molecule is CN1CCc2[nH]c(-c3cc(Oc4c(F)cc5[nH]ccc5c4S(C)(=O)=O)ccc3F)nc2C1c1ccc(CCC(=O)O)s1. The number of nitrogens with one attached hydrogen (secondary N) is 2. The van der Waals surface area contributed by atoms with Crippen molar-refractivity contribution >= 4 is 38.0 Å². The summed E-state index contributed by atoms with van der Waals surface area (Å²) < 4.78 is 61.4. The molecule has 1 aliphatic rings. The van der Waals surface area contributed by atoms with Crippen LogP contribution in [-0.2, 0) is 27.5 Å². The number of thiophene rings is 1. The summed E-state index contributed by atoms with van der Waals surface area (Å²) in [4.78, 5) is 25.6. The highest BCUT2D eigenvalue weighted by atomic mass is 32.2. The molecule has 13 heteroatoms. The quantitative estimate of drug-likeness (QED) is 0.205. The van der Waals surface area contributed by atoms with E-state index in [2.05, 4.69) is 14.9 Å². The summed E-state index contributed by atoms with van der Waals surface area (Å²) in [6, 6.07) is 10.2. The number of nitrogens with zero attached hydrogens (tertiary/aromatic N) is 2. The Hall–Kier alpha value is -4.07. The number of halogens is 2. The van der Waals surface area contributed by atoms with E-state index in [4.69, 9.17) is 14.8 Å². The van der Waals surface area contributed by atoms with Gasteiger partial charge in [0.1, 0.15) is 22.3 Å². The fourth-order valence-electron chi connectivity index (χ4n) is 5.30. The second-order valence-corrected chi connectivity index (χ2v) is 13.4. The predicted octanol–water partition coefficient (Wildman–Crippen LogP) is 5.69. The average Bonchev–Trinajstić information content (AvgIpc) is 3.67. The largest absolute Gasteiger partial charge is 0.481 e. The topological polar surface area (TPSA) is 128 Å². The molecule has 42 heavy (non-hydrogen) atoms. The first-order chi connectivity index (χ1) is 20.0. The summed E-state index contributed by atoms with van der Waals surface area (Å²) in [5, 5.41) is 9.31. The fraction of sp³-hybridized carbons (Fsp3) is 0.241. The number of imidazole rings is 1. The van der Waals surface area contributed by atoms with Gasteiger partial charge in [-0.15, -0.1) is 11.3 Å². The minimum absolute atomic E-state index is 0.0365. The molecule has 0 saturated carbocycles. The van der Waals surface area contributed by atoms with E-state index in [0.717, 1.165) is 46.1 Å². The summed E-state index contributed by atoms with van der Waals surface area (Å²) in [7, 11) is -1.92. The van der Waals surface area contributed by atoms with E-state index in [1.807, 2.05) is 19.2 Å². The highest BCUT2D eigenvalue weighted by Gasteiger charge is 2.32. The van der Waals surface area contributed by atoms with Gasteiger partial charge >= 0.3 is 5.97 Å². The predicted molar refractivity (Wildman–Crippen MR) is 154 cm³/mol. The number of hydrogen-bond acceptors (Lipinski definition) is 7. The van der Waals surface area contributed by atoms with Gasteiger partial charge in [0.2, 0.25) is 0 Å². The van der Waals surface area contributed by atoms with Gasteiger partial charge in [0.15, 0.2) is 21.4 Å². The average molecular weight is 613 g/mol. The third-order valence-corrected chi connectivity index (χ3v) is 9.61. The third kappa shape index (κ3) is 5.19. The van der Waals surface area contributed by atoms with Crippen molar-refractivity contribution in [2.75, 3.05) is 19.8 Å². The lowest BCUT2D eigenvalue weighted by Crippen LogP contribution is -2.32. The minimum atomic E-state index is -3.90. The number of rotatable bonds is 8. The number of carboxylic acids is 1. The maximum absolute atomic E-state index is 15.2. The number of aryl methyl sites for hydroxylation is 1. The Morgan fingerprint density at radius 2 is 2.00 bits per heavy atom. The Labute approximate surface area is 243 Å². The summed E-state index contributed by atoms with van der Waals surface area (Å²) in [6.45, 7) is 0.725. The van der Waals surface area contributed by atoms with Crippen LogP contribution in [-0.4, -0.2) is 59.2 Å². The molecule has 6 rings (SSSR count). The number of fused-ring (bicyclic) bond motifs is 2. The van der Waals surface area contributed by atoms with Crippen LogP contribution in [0, 0.1) is 11.6 Å². The van der Waals surface area contributed by atoms with Crippen molar-refractivity contribution in [2.24, 2.45) is 0 Å². The number of aromatic amines is 2. The molecule has 0 saturated heterocycles. The van der Waals surface area contributed by atoms with Crippen molar-refractivity contribution in [1.29, 1.82) is 0 Å². The molecule has 0 spiro atoms. The number of H-pyrrole nitrogens is 2. The molecule has 1 unspecified atom stereocenters. The van der Waals surface area contributed by atoms with Gasteiger partial charge < -0.3 is 19.8 Å². The van der Waals surface area contributed by atoms with Crippen LogP contribution in [0.4, 0.5) is 8.78 Å². The van der Waals surface area contributed by atoms with Crippen molar-refractivity contribution in [1.82, 2.24) is 19.9 Å². The molecule has 0 aliphatic carbocycles. The van der Waals surface area contributed by atoms with Crippen molar-refractivity contribution in [3.63, 3.8) is 0 Å². The Kier molecular flexibility index (Phi) is 7.11. The lowest BCUT2D eigenvalue weighted by Gasteiger charge is -2.30. The maximum Gasteiger partial charge on any atom is 0.303 e. The van der Waals surface area contributed by atoms with Crippen LogP contribution in [0.25, 0.3) is 22.3 Å². The molecule has 0 radical (unpaired) electrons. The molecule has 218 valence electrons. The molecule has 0 fully saturated rings. The van der Waals surface area contributed by atoms with Crippen LogP contribution >= 0.6 is 11.3 Å². The van der Waals surface area contributed by atoms with E-state index < -0.39 is 33.2 Å². The number of likely N-dealkylation sites (N-methyl/N-ethyl adjacent to an activating group) is 1. The Balaban J connectivity index is 1.36. The normalized spacial score (nSPS) is 15.7. The van der Waals surface area contributed by atoms with Crippen molar-refractivity contribution in [3.8, 4) is 22.9 Å². The zero-order chi connectivity index (χ0) is 29.8. The number of benzene rings is 2. The van der Waals surface area contributed by atoms with Crippen LogP contribution in [0.1, 0.15) is 33.6 Å². The van der Waals surface area contributed by atoms with Crippen LogP contribution in [0.15, 0.2) is 53.6 Å². The number of sulfone groups is 1. The van der Waals surface area contributed by atoms with Crippen LogP contribution in [0.5, 0.6) is 11.5 Å². The number of hydrogen-bond donors (Lipinski definition) is 3. The summed E-state index contributed by atoms with van der Waals surface area (Å²) in [5.74, 6) is -2.50. The van der Waals surface area contributed by atoms with Gasteiger partial charge in [-0.25, -0.2) is 22.2 Å². The Morgan fingerprint density at radius 3 is 2.76 bits per heavy atom. The molecule has 0 amide bonds. The monoisotopic (exact) mass is 612 g/mol. The molecule has 9 nitrogen and oxygen atoms in total. The van der Waals surface area contributed by atoms with Crippen molar-refractivity contribution in [2.45, 2.75) is 30.2 Å². The standard InChI is InChI=1S/C29H26F2N4O5S2/c1-35-12-10-21-25(26(35)23-7-4-16(41-23)5-8-24(36)37)34-29(33-21)18-13-15(3-6-19(18)30)40-27-20(31)14-22-17(9-11-32-22)28(27)42(2,38)39/h3-4,6-7,9,11,13-14,26,32H,5,8,10,12H2,1-2H3,(H,33,34)(H,36,37). The van der Waals surface area contributed by atoms with Crippen LogP contribution < -0.4 is 4.74 Å². The third-order valence-electron chi connectivity index (χ3n) is 7.26. The number of aliphatic carboxylic acids is 1. The number of carbonyl (C=O) groups is 1. The van der Waals surface area contributed by atoms with E-state index in [-0.39, 0.29) is 39.9 Å². The van der Waals surface area contributed by atoms with E-state index in [9.17, 15) is 13.2 Å². The molecule has 3 aromatic heterocycles. The summed E-state index contributed by atoms with van der Waals surface area (Å²) >= 11 is 1.53. The Morgan fingerprint density at radius 1 is 1.19 bits per heavy atom. The number of ether oxygens (including phenoxy) is 1. The number of aromatic nitrogens is 3. The number of carboxylic acid groups (broad SMARTS) is 1. The van der Waals surface area contributed by atoms with Gasteiger partial charge in [0.05, 0.1) is 23.7 Å². The highest BCUT2D eigenvalue weighted by Crippen LogP contribution is 2.40. The fourth-order valence-corrected chi connectivity index (χ4v) is 7.54. The first kappa shape index (κ1) is 28.1. The van der Waals surface area contributed by atoms with Gasteiger partial charge in [-0.05, 0) is 49.9 Å². The van der Waals surface area contributed by atoms with E-state index >= 15 is 8.78 Å². The molecular formula is C29H26F2N4O5S2. The molecule has 1 aliphatic heterocycles. The molecular weight excluding hydrogens is 586 g/mol. The van der Waals surface area contributed by atoms with E-state index in [1.54, 1.807) is 0 Å². The molecule has 0 bridgehead atoms.